The van der Waals surface area contributed by atoms with Gasteiger partial charge in [-0.25, -0.2) is 0 Å². The molecule has 0 saturated carbocycles. The van der Waals surface area contributed by atoms with E-state index < -0.39 is 5.41 Å². The van der Waals surface area contributed by atoms with Crippen molar-refractivity contribution in [3.8, 4) is 0 Å². The van der Waals surface area contributed by atoms with Gasteiger partial charge in [-0.1, -0.05) is 110 Å². The second-order valence-corrected chi connectivity index (χ2v) is 8.80. The van der Waals surface area contributed by atoms with Crippen LogP contribution in [0.3, 0.4) is 0 Å². The van der Waals surface area contributed by atoms with Crippen LogP contribution in [0.15, 0.2) is 0 Å². The Balaban J connectivity index is 0. The van der Waals surface area contributed by atoms with Crippen molar-refractivity contribution in [3.05, 3.63) is 0 Å². The molecule has 0 aromatic carbocycles. The van der Waals surface area contributed by atoms with Crippen molar-refractivity contribution >= 4 is 5.97 Å². The van der Waals surface area contributed by atoms with Gasteiger partial charge in [-0.2, -0.15) is 0 Å². The summed E-state index contributed by atoms with van der Waals surface area (Å²) in [5.74, 6) is -0.183. The molecule has 0 spiro atoms. The number of unbranched alkanes of at least 4 members (excludes halogenated alkanes) is 15. The van der Waals surface area contributed by atoms with Gasteiger partial charge in [0, 0.05) is 0 Å². The molecule has 0 heterocycles. The Hall–Kier alpha value is -0.610. The first-order valence-corrected chi connectivity index (χ1v) is 11.8. The molecule has 28 heavy (non-hydrogen) atoms. The molecule has 0 atom stereocenters. The average molecular weight is 402 g/mol. The van der Waals surface area contributed by atoms with Crippen molar-refractivity contribution in [2.75, 3.05) is 13.2 Å². The lowest BCUT2D eigenvalue weighted by atomic mass is 9.87. The van der Waals surface area contributed by atoms with Gasteiger partial charge in [-0.15, -0.1) is 0 Å². The van der Waals surface area contributed by atoms with E-state index in [-0.39, 0.29) is 25.3 Å². The van der Waals surface area contributed by atoms with Crippen LogP contribution in [0.25, 0.3) is 0 Å². The van der Waals surface area contributed by atoms with E-state index in [1.54, 1.807) is 0 Å². The number of esters is 1. The maximum atomic E-state index is 11.9. The van der Waals surface area contributed by atoms with Gasteiger partial charge in [-0.05, 0) is 20.3 Å². The zero-order chi connectivity index (χ0) is 20.2. The molecule has 0 aliphatic heterocycles. The SMILES string of the molecule is CCCCCCCCCCCCCCCCCCC(C)(C)C(=O)OCCO.N. The molecule has 0 aromatic rings. The van der Waals surface area contributed by atoms with E-state index in [0.29, 0.717) is 0 Å². The van der Waals surface area contributed by atoms with Gasteiger partial charge in [0.05, 0.1) is 12.0 Å². The molecule has 170 valence electrons. The highest BCUT2D eigenvalue weighted by atomic mass is 16.5. The number of aliphatic hydroxyl groups excluding tert-OH is 1. The molecule has 0 aromatic heterocycles. The second-order valence-electron chi connectivity index (χ2n) is 8.80. The fraction of sp³-hybridized carbons (Fsp3) is 0.958. The van der Waals surface area contributed by atoms with E-state index in [4.69, 9.17) is 9.84 Å². The van der Waals surface area contributed by atoms with Gasteiger partial charge in [0.1, 0.15) is 6.61 Å². The Bertz CT molecular complexity index is 332. The van der Waals surface area contributed by atoms with Gasteiger partial charge < -0.3 is 16.0 Å². The standard InChI is InChI=1S/C24H48O3.H3N/c1-4-5-6-7-8-9-10-11-12-13-14-15-16-17-18-19-20-24(2,3)23(26)27-22-21-25;/h25H,4-22H2,1-3H3;1H3. The number of aliphatic hydroxyl groups is 1. The Kier molecular flexibility index (Phi) is 22.3. The van der Waals surface area contributed by atoms with Crippen LogP contribution >= 0.6 is 0 Å². The van der Waals surface area contributed by atoms with Crippen molar-refractivity contribution in [1.29, 1.82) is 0 Å². The topological polar surface area (TPSA) is 81.5 Å². The summed E-state index contributed by atoms with van der Waals surface area (Å²) in [4.78, 5) is 11.9. The highest BCUT2D eigenvalue weighted by Crippen LogP contribution is 2.26. The largest absolute Gasteiger partial charge is 0.463 e. The molecule has 0 aliphatic carbocycles. The van der Waals surface area contributed by atoms with Crippen molar-refractivity contribution < 1.29 is 14.6 Å². The number of hydrogen-bond donors (Lipinski definition) is 2. The second kappa shape index (κ2) is 21.1. The predicted molar refractivity (Wildman–Crippen MR) is 121 cm³/mol. The monoisotopic (exact) mass is 401 g/mol. The molecule has 4 nitrogen and oxygen atoms in total. The number of carbonyl (C=O) groups is 1. The van der Waals surface area contributed by atoms with Crippen molar-refractivity contribution in [3.63, 3.8) is 0 Å². The van der Waals surface area contributed by atoms with E-state index in [0.717, 1.165) is 12.8 Å². The quantitative estimate of drug-likeness (QED) is 0.165. The summed E-state index contributed by atoms with van der Waals surface area (Å²) in [5.41, 5.74) is -0.425. The van der Waals surface area contributed by atoms with E-state index >= 15 is 0 Å². The highest BCUT2D eigenvalue weighted by Gasteiger charge is 2.28. The van der Waals surface area contributed by atoms with E-state index in [1.165, 1.54) is 96.3 Å². The van der Waals surface area contributed by atoms with Gasteiger partial charge in [0.15, 0.2) is 0 Å². The van der Waals surface area contributed by atoms with Crippen molar-refractivity contribution in [1.82, 2.24) is 6.15 Å². The maximum Gasteiger partial charge on any atom is 0.311 e. The average Bonchev–Trinajstić information content (AvgIpc) is 2.65. The lowest BCUT2D eigenvalue weighted by molar-refractivity contribution is -0.155. The predicted octanol–water partition coefficient (Wildman–Crippen LogP) is 7.36. The highest BCUT2D eigenvalue weighted by molar-refractivity contribution is 5.75. The van der Waals surface area contributed by atoms with E-state index in [9.17, 15) is 4.79 Å². The molecular weight excluding hydrogens is 350 g/mol. The first kappa shape index (κ1) is 29.6. The van der Waals surface area contributed by atoms with Crippen LogP contribution in [-0.2, 0) is 9.53 Å². The lowest BCUT2D eigenvalue weighted by Crippen LogP contribution is -2.27. The zero-order valence-corrected chi connectivity index (χ0v) is 19.4. The molecule has 4 N–H and O–H groups in total. The number of rotatable bonds is 20. The minimum Gasteiger partial charge on any atom is -0.463 e. The van der Waals surface area contributed by atoms with Crippen LogP contribution in [0.5, 0.6) is 0 Å². The summed E-state index contributed by atoms with van der Waals surface area (Å²) >= 11 is 0. The Morgan fingerprint density at radius 1 is 0.714 bits per heavy atom. The molecule has 0 radical (unpaired) electrons. The van der Waals surface area contributed by atoms with Crippen LogP contribution in [-0.4, -0.2) is 24.3 Å². The van der Waals surface area contributed by atoms with Crippen molar-refractivity contribution in [2.24, 2.45) is 5.41 Å². The molecule has 0 aliphatic rings. The van der Waals surface area contributed by atoms with Crippen LogP contribution in [0.1, 0.15) is 130 Å². The molecule has 0 fully saturated rings. The molecule has 4 heteroatoms. The minimum absolute atomic E-state index is 0. The fourth-order valence-corrected chi connectivity index (χ4v) is 3.55. The van der Waals surface area contributed by atoms with Gasteiger partial charge in [-0.3, -0.25) is 4.79 Å². The normalized spacial score (nSPS) is 11.3. The van der Waals surface area contributed by atoms with Crippen LogP contribution < -0.4 is 6.15 Å². The molecular formula is C24H51NO3. The van der Waals surface area contributed by atoms with E-state index in [2.05, 4.69) is 6.92 Å². The van der Waals surface area contributed by atoms with E-state index in [1.807, 2.05) is 13.8 Å². The first-order chi connectivity index (χ1) is 13.0. The number of hydrogen-bond acceptors (Lipinski definition) is 4. The zero-order valence-electron chi connectivity index (χ0n) is 19.4. The summed E-state index contributed by atoms with van der Waals surface area (Å²) < 4.78 is 5.05. The Morgan fingerprint density at radius 2 is 1.07 bits per heavy atom. The Labute approximate surface area is 175 Å². The smallest absolute Gasteiger partial charge is 0.311 e. The molecule has 0 saturated heterocycles. The molecule has 0 bridgehead atoms. The van der Waals surface area contributed by atoms with Crippen molar-refractivity contribution in [2.45, 2.75) is 130 Å². The summed E-state index contributed by atoms with van der Waals surface area (Å²) in [6.07, 6.45) is 22.7. The molecule has 0 rings (SSSR count). The molecule has 0 unspecified atom stereocenters. The van der Waals surface area contributed by atoms with Gasteiger partial charge in [0.25, 0.3) is 0 Å². The third-order valence-electron chi connectivity index (χ3n) is 5.53. The maximum absolute atomic E-state index is 11.9. The van der Waals surface area contributed by atoms with Crippen LogP contribution in [0, 0.1) is 5.41 Å². The minimum atomic E-state index is -0.425. The number of carbonyl (C=O) groups excluding carboxylic acids is 1. The third kappa shape index (κ3) is 18.7. The number of ether oxygens (including phenoxy) is 1. The van der Waals surface area contributed by atoms with Gasteiger partial charge >= 0.3 is 5.97 Å². The Morgan fingerprint density at radius 3 is 1.43 bits per heavy atom. The first-order valence-electron chi connectivity index (χ1n) is 11.8. The summed E-state index contributed by atoms with van der Waals surface area (Å²) in [7, 11) is 0. The summed E-state index contributed by atoms with van der Waals surface area (Å²) in [5, 5.41) is 8.73. The summed E-state index contributed by atoms with van der Waals surface area (Å²) in [6, 6.07) is 0. The summed E-state index contributed by atoms with van der Waals surface area (Å²) in [6.45, 7) is 6.18. The van der Waals surface area contributed by atoms with Gasteiger partial charge in [0.2, 0.25) is 0 Å². The van der Waals surface area contributed by atoms with Crippen LogP contribution in [0.2, 0.25) is 0 Å². The fourth-order valence-electron chi connectivity index (χ4n) is 3.55. The lowest BCUT2D eigenvalue weighted by Gasteiger charge is -2.22. The van der Waals surface area contributed by atoms with Crippen LogP contribution in [0.4, 0.5) is 0 Å². The third-order valence-corrected chi connectivity index (χ3v) is 5.53. The molecule has 0 amide bonds.